The zero-order valence-corrected chi connectivity index (χ0v) is 9.44. The second-order valence-electron chi connectivity index (χ2n) is 3.46. The number of anilines is 1. The predicted octanol–water partition coefficient (Wildman–Crippen LogP) is 0.0475. The van der Waals surface area contributed by atoms with Crippen molar-refractivity contribution in [3.05, 3.63) is 21.0 Å². The maximum absolute atomic E-state index is 11.9. The molecule has 6 heteroatoms. The van der Waals surface area contributed by atoms with Gasteiger partial charge in [-0.05, 0) is 20.8 Å². The van der Waals surface area contributed by atoms with Crippen molar-refractivity contribution in [3.8, 4) is 0 Å². The molecule has 0 spiro atoms. The van der Waals surface area contributed by atoms with E-state index in [0.717, 1.165) is 4.57 Å². The summed E-state index contributed by atoms with van der Waals surface area (Å²) in [5, 5.41) is 2.73. The maximum Gasteiger partial charge on any atom is 0.355 e. The van der Waals surface area contributed by atoms with Gasteiger partial charge in [0.2, 0.25) is 5.95 Å². The average Bonchev–Trinajstić information content (AvgIpc) is 2.16. The van der Waals surface area contributed by atoms with Crippen LogP contribution in [0, 0.1) is 0 Å². The van der Waals surface area contributed by atoms with Crippen molar-refractivity contribution < 1.29 is 0 Å². The van der Waals surface area contributed by atoms with Crippen molar-refractivity contribution in [2.45, 2.75) is 33.4 Å². The van der Waals surface area contributed by atoms with Crippen LogP contribution in [0.25, 0.3) is 0 Å². The van der Waals surface area contributed by atoms with Crippen molar-refractivity contribution in [2.24, 2.45) is 0 Å². The summed E-state index contributed by atoms with van der Waals surface area (Å²) >= 11 is 0. The van der Waals surface area contributed by atoms with Crippen molar-refractivity contribution in [1.29, 1.82) is 0 Å². The lowest BCUT2D eigenvalue weighted by atomic mass is 10.4. The first kappa shape index (κ1) is 11.5. The first-order valence-electron chi connectivity index (χ1n) is 4.94. The molecule has 0 aliphatic heterocycles. The third-order valence-electron chi connectivity index (χ3n) is 2.16. The summed E-state index contributed by atoms with van der Waals surface area (Å²) in [6.45, 7) is 5.88. The van der Waals surface area contributed by atoms with E-state index in [4.69, 9.17) is 0 Å². The Hall–Kier alpha value is -1.59. The largest absolute Gasteiger partial charge is 0.358 e. The fraction of sp³-hybridized carbons (Fsp3) is 0.667. The molecule has 0 saturated heterocycles. The van der Waals surface area contributed by atoms with E-state index in [-0.39, 0.29) is 11.7 Å². The van der Waals surface area contributed by atoms with Gasteiger partial charge in [0.1, 0.15) is 0 Å². The van der Waals surface area contributed by atoms with Gasteiger partial charge in [0.15, 0.2) is 0 Å². The van der Waals surface area contributed by atoms with Crippen LogP contribution in [0.5, 0.6) is 0 Å². The molecule has 0 aliphatic carbocycles. The molecule has 0 unspecified atom stereocenters. The second kappa shape index (κ2) is 4.29. The summed E-state index contributed by atoms with van der Waals surface area (Å²) in [6, 6.07) is -0.179. The van der Waals surface area contributed by atoms with E-state index in [1.54, 1.807) is 20.9 Å². The second-order valence-corrected chi connectivity index (χ2v) is 3.46. The Balaban J connectivity index is 3.60. The summed E-state index contributed by atoms with van der Waals surface area (Å²) in [5.41, 5.74) is -0.832. The maximum atomic E-state index is 11.9. The van der Waals surface area contributed by atoms with Gasteiger partial charge in [-0.15, -0.1) is 0 Å². The summed E-state index contributed by atoms with van der Waals surface area (Å²) in [4.78, 5) is 27.2. The lowest BCUT2D eigenvalue weighted by Crippen LogP contribution is -2.43. The molecule has 0 fully saturated rings. The molecule has 0 saturated carbocycles. The molecule has 1 heterocycles. The van der Waals surface area contributed by atoms with E-state index in [2.05, 4.69) is 10.3 Å². The van der Waals surface area contributed by atoms with E-state index >= 15 is 0 Å². The molecular weight excluding hydrogens is 196 g/mol. The normalized spacial score (nSPS) is 10.7. The molecule has 1 rings (SSSR count). The zero-order valence-electron chi connectivity index (χ0n) is 9.44. The SMILES string of the molecule is CCn1c(NC)nc(=O)n(C(C)C)c1=O. The lowest BCUT2D eigenvalue weighted by Gasteiger charge is -2.13. The van der Waals surface area contributed by atoms with Crippen molar-refractivity contribution in [3.63, 3.8) is 0 Å². The highest BCUT2D eigenvalue weighted by molar-refractivity contribution is 5.21. The van der Waals surface area contributed by atoms with Gasteiger partial charge in [-0.25, -0.2) is 14.2 Å². The van der Waals surface area contributed by atoms with Crippen LogP contribution in [0.15, 0.2) is 9.59 Å². The molecule has 84 valence electrons. The van der Waals surface area contributed by atoms with Crippen LogP contribution in [0.3, 0.4) is 0 Å². The van der Waals surface area contributed by atoms with Gasteiger partial charge in [-0.1, -0.05) is 0 Å². The quantitative estimate of drug-likeness (QED) is 0.768. The zero-order chi connectivity index (χ0) is 11.6. The predicted molar refractivity (Wildman–Crippen MR) is 58.4 cm³/mol. The fourth-order valence-corrected chi connectivity index (χ4v) is 1.42. The summed E-state index contributed by atoms with van der Waals surface area (Å²) in [6.07, 6.45) is 0. The summed E-state index contributed by atoms with van der Waals surface area (Å²) in [5.74, 6) is 0.310. The van der Waals surface area contributed by atoms with Crippen LogP contribution in [0.4, 0.5) is 5.95 Å². The highest BCUT2D eigenvalue weighted by Gasteiger charge is 2.12. The standard InChI is InChI=1S/C9H16N4O2/c1-5-12-7(10-4)11-8(14)13(6(2)3)9(12)15/h6H,5H2,1-4H3,(H,10,11,14). The molecule has 0 atom stereocenters. The monoisotopic (exact) mass is 212 g/mol. The molecule has 0 amide bonds. The number of nitrogens with zero attached hydrogens (tertiary/aromatic N) is 3. The lowest BCUT2D eigenvalue weighted by molar-refractivity contribution is 0.492. The molecule has 6 nitrogen and oxygen atoms in total. The van der Waals surface area contributed by atoms with Crippen LogP contribution in [-0.2, 0) is 6.54 Å². The average molecular weight is 212 g/mol. The van der Waals surface area contributed by atoms with Gasteiger partial charge < -0.3 is 5.32 Å². The number of hydrogen-bond acceptors (Lipinski definition) is 4. The number of nitrogens with one attached hydrogen (secondary N) is 1. The molecule has 1 aromatic heterocycles. The van der Waals surface area contributed by atoms with Gasteiger partial charge in [0, 0.05) is 19.6 Å². The Morgan fingerprint density at radius 2 is 2.00 bits per heavy atom. The molecular formula is C9H16N4O2. The van der Waals surface area contributed by atoms with Crippen molar-refractivity contribution in [2.75, 3.05) is 12.4 Å². The third kappa shape index (κ3) is 1.93. The summed E-state index contributed by atoms with van der Waals surface area (Å²) < 4.78 is 2.58. The van der Waals surface area contributed by atoms with Crippen molar-refractivity contribution in [1.82, 2.24) is 14.1 Å². The minimum atomic E-state index is -0.510. The molecule has 1 aromatic rings. The summed E-state index contributed by atoms with van der Waals surface area (Å²) in [7, 11) is 1.63. The molecule has 0 aliphatic rings. The third-order valence-corrected chi connectivity index (χ3v) is 2.16. The van der Waals surface area contributed by atoms with Crippen LogP contribution < -0.4 is 16.7 Å². The number of rotatable bonds is 3. The van der Waals surface area contributed by atoms with E-state index in [1.165, 1.54) is 4.57 Å². The van der Waals surface area contributed by atoms with E-state index in [9.17, 15) is 9.59 Å². The van der Waals surface area contributed by atoms with Crippen LogP contribution in [-0.4, -0.2) is 21.2 Å². The smallest absolute Gasteiger partial charge is 0.355 e. The van der Waals surface area contributed by atoms with E-state index in [1.807, 2.05) is 6.92 Å². The first-order chi connectivity index (χ1) is 7.02. The Labute approximate surface area is 87.6 Å². The van der Waals surface area contributed by atoms with Gasteiger partial charge in [0.25, 0.3) is 0 Å². The van der Waals surface area contributed by atoms with Gasteiger partial charge in [-0.3, -0.25) is 4.57 Å². The minimum absolute atomic E-state index is 0.179. The number of hydrogen-bond donors (Lipinski definition) is 1. The van der Waals surface area contributed by atoms with Gasteiger partial charge >= 0.3 is 11.4 Å². The van der Waals surface area contributed by atoms with Gasteiger partial charge in [0.05, 0.1) is 0 Å². The molecule has 0 radical (unpaired) electrons. The number of aromatic nitrogens is 3. The Morgan fingerprint density at radius 1 is 1.40 bits per heavy atom. The molecule has 15 heavy (non-hydrogen) atoms. The Morgan fingerprint density at radius 3 is 2.40 bits per heavy atom. The Kier molecular flexibility index (Phi) is 3.28. The van der Waals surface area contributed by atoms with Crippen LogP contribution >= 0.6 is 0 Å². The Bertz CT molecular complexity index is 458. The van der Waals surface area contributed by atoms with E-state index < -0.39 is 5.69 Å². The van der Waals surface area contributed by atoms with E-state index in [0.29, 0.717) is 12.5 Å². The molecule has 0 bridgehead atoms. The minimum Gasteiger partial charge on any atom is -0.358 e. The topological polar surface area (TPSA) is 68.9 Å². The van der Waals surface area contributed by atoms with Gasteiger partial charge in [-0.2, -0.15) is 4.98 Å². The van der Waals surface area contributed by atoms with Crippen LogP contribution in [0.1, 0.15) is 26.8 Å². The highest BCUT2D eigenvalue weighted by Crippen LogP contribution is 1.98. The molecule has 0 aromatic carbocycles. The highest BCUT2D eigenvalue weighted by atomic mass is 16.2. The first-order valence-corrected chi connectivity index (χ1v) is 4.94. The fourth-order valence-electron chi connectivity index (χ4n) is 1.42. The van der Waals surface area contributed by atoms with Crippen LogP contribution in [0.2, 0.25) is 0 Å². The van der Waals surface area contributed by atoms with Crippen molar-refractivity contribution >= 4 is 5.95 Å². The molecule has 1 N–H and O–H groups in total.